The number of nitrogens with zero attached hydrogens (tertiary/aromatic N) is 2. The van der Waals surface area contributed by atoms with Gasteiger partial charge < -0.3 is 9.67 Å². The number of hydrogen-bond acceptors (Lipinski definition) is 2. The molecule has 1 aliphatic rings. The van der Waals surface area contributed by atoms with Crippen LogP contribution in [-0.4, -0.2) is 20.8 Å². The highest BCUT2D eigenvalue weighted by atomic mass is 16.3. The molecule has 0 radical (unpaired) electrons. The number of para-hydroxylation sites is 1. The highest BCUT2D eigenvalue weighted by Gasteiger charge is 2.23. The zero-order valence-electron chi connectivity index (χ0n) is 8.07. The van der Waals surface area contributed by atoms with Gasteiger partial charge in [-0.25, -0.2) is 4.98 Å². The number of hydrogen-bond donors (Lipinski definition) is 1. The van der Waals surface area contributed by atoms with Crippen LogP contribution in [0.5, 0.6) is 0 Å². The standard InChI is InChI=1S/C11H12N2O/c1-7-3-2-4-9-11(7)12-10-5-8(14)6-13(9)10/h2-4,8,14H,5-6H2,1H3. The maximum Gasteiger partial charge on any atom is 0.112 e. The molecule has 1 aliphatic heterocycles. The zero-order valence-corrected chi connectivity index (χ0v) is 8.07. The van der Waals surface area contributed by atoms with Crippen LogP contribution in [0, 0.1) is 6.92 Å². The summed E-state index contributed by atoms with van der Waals surface area (Å²) in [5.41, 5.74) is 3.44. The van der Waals surface area contributed by atoms with Crippen LogP contribution in [0.2, 0.25) is 0 Å². The van der Waals surface area contributed by atoms with Crippen molar-refractivity contribution in [3.05, 3.63) is 29.6 Å². The smallest absolute Gasteiger partial charge is 0.112 e. The van der Waals surface area contributed by atoms with E-state index < -0.39 is 0 Å². The number of aliphatic hydroxyl groups is 1. The van der Waals surface area contributed by atoms with Gasteiger partial charge in [0.15, 0.2) is 0 Å². The van der Waals surface area contributed by atoms with E-state index in [-0.39, 0.29) is 6.10 Å². The van der Waals surface area contributed by atoms with E-state index in [0.717, 1.165) is 16.9 Å². The molecule has 3 rings (SSSR count). The van der Waals surface area contributed by atoms with Crippen molar-refractivity contribution >= 4 is 11.0 Å². The van der Waals surface area contributed by atoms with E-state index in [1.807, 2.05) is 6.07 Å². The average Bonchev–Trinajstić information content (AvgIpc) is 2.63. The summed E-state index contributed by atoms with van der Waals surface area (Å²) in [4.78, 5) is 4.55. The molecule has 1 aromatic heterocycles. The Kier molecular flexibility index (Phi) is 1.47. The van der Waals surface area contributed by atoms with Crippen LogP contribution in [0.3, 0.4) is 0 Å². The van der Waals surface area contributed by atoms with Gasteiger partial charge in [-0.3, -0.25) is 0 Å². The topological polar surface area (TPSA) is 38.0 Å². The predicted octanol–water partition coefficient (Wildman–Crippen LogP) is 1.26. The third-order valence-electron chi connectivity index (χ3n) is 2.87. The van der Waals surface area contributed by atoms with E-state index in [4.69, 9.17) is 0 Å². The number of rotatable bonds is 0. The van der Waals surface area contributed by atoms with Gasteiger partial charge in [-0.1, -0.05) is 12.1 Å². The summed E-state index contributed by atoms with van der Waals surface area (Å²) in [6.07, 6.45) is 0.441. The van der Waals surface area contributed by atoms with Crippen LogP contribution in [0.1, 0.15) is 11.4 Å². The summed E-state index contributed by atoms with van der Waals surface area (Å²) in [6.45, 7) is 2.76. The predicted molar refractivity (Wildman–Crippen MR) is 54.2 cm³/mol. The molecule has 0 saturated carbocycles. The fourth-order valence-electron chi connectivity index (χ4n) is 2.18. The van der Waals surface area contributed by atoms with Gasteiger partial charge in [0.2, 0.25) is 0 Å². The monoisotopic (exact) mass is 188 g/mol. The zero-order chi connectivity index (χ0) is 9.71. The second-order valence-corrected chi connectivity index (χ2v) is 3.94. The molecule has 2 aromatic rings. The fourth-order valence-corrected chi connectivity index (χ4v) is 2.18. The molecular formula is C11H12N2O. The molecule has 2 heterocycles. The minimum Gasteiger partial charge on any atom is -0.391 e. The Morgan fingerprint density at radius 2 is 2.36 bits per heavy atom. The lowest BCUT2D eigenvalue weighted by molar-refractivity contribution is 0.176. The van der Waals surface area contributed by atoms with Crippen LogP contribution in [-0.2, 0) is 13.0 Å². The molecule has 1 atom stereocenters. The van der Waals surface area contributed by atoms with E-state index in [9.17, 15) is 5.11 Å². The van der Waals surface area contributed by atoms with Gasteiger partial charge in [-0.15, -0.1) is 0 Å². The maximum atomic E-state index is 9.51. The summed E-state index contributed by atoms with van der Waals surface area (Å²) >= 11 is 0. The number of fused-ring (bicyclic) bond motifs is 3. The third-order valence-corrected chi connectivity index (χ3v) is 2.87. The van der Waals surface area contributed by atoms with E-state index in [1.165, 1.54) is 5.56 Å². The van der Waals surface area contributed by atoms with E-state index in [1.54, 1.807) is 0 Å². The molecule has 1 unspecified atom stereocenters. The van der Waals surface area contributed by atoms with Gasteiger partial charge in [0, 0.05) is 6.42 Å². The van der Waals surface area contributed by atoms with Gasteiger partial charge in [0.1, 0.15) is 5.82 Å². The number of imidazole rings is 1. The van der Waals surface area contributed by atoms with Crippen LogP contribution < -0.4 is 0 Å². The van der Waals surface area contributed by atoms with Crippen molar-refractivity contribution in [3.8, 4) is 0 Å². The molecule has 0 aliphatic carbocycles. The fraction of sp³-hybridized carbons (Fsp3) is 0.364. The Morgan fingerprint density at radius 3 is 3.21 bits per heavy atom. The minimum atomic E-state index is -0.248. The van der Waals surface area contributed by atoms with E-state index >= 15 is 0 Å². The van der Waals surface area contributed by atoms with Crippen molar-refractivity contribution in [2.24, 2.45) is 0 Å². The number of aryl methyl sites for hydroxylation is 1. The first-order chi connectivity index (χ1) is 6.75. The van der Waals surface area contributed by atoms with Gasteiger partial charge in [0.25, 0.3) is 0 Å². The molecule has 0 fully saturated rings. The number of aromatic nitrogens is 2. The largest absolute Gasteiger partial charge is 0.391 e. The molecule has 72 valence electrons. The van der Waals surface area contributed by atoms with E-state index in [0.29, 0.717) is 13.0 Å². The minimum absolute atomic E-state index is 0.248. The summed E-state index contributed by atoms with van der Waals surface area (Å²) in [5.74, 6) is 1.02. The Bertz CT molecular complexity index is 501. The second-order valence-electron chi connectivity index (χ2n) is 3.94. The van der Waals surface area contributed by atoms with Gasteiger partial charge >= 0.3 is 0 Å². The third kappa shape index (κ3) is 0.930. The number of aliphatic hydroxyl groups excluding tert-OH is 1. The highest BCUT2D eigenvalue weighted by Crippen LogP contribution is 2.24. The molecule has 3 nitrogen and oxygen atoms in total. The lowest BCUT2D eigenvalue weighted by atomic mass is 10.2. The normalized spacial score (nSPS) is 20.3. The average molecular weight is 188 g/mol. The first-order valence-electron chi connectivity index (χ1n) is 4.88. The molecule has 0 amide bonds. The van der Waals surface area contributed by atoms with Crippen molar-refractivity contribution in [3.63, 3.8) is 0 Å². The van der Waals surface area contributed by atoms with Crippen molar-refractivity contribution in [1.82, 2.24) is 9.55 Å². The lowest BCUT2D eigenvalue weighted by Crippen LogP contribution is -2.07. The summed E-state index contributed by atoms with van der Waals surface area (Å²) in [5, 5.41) is 9.51. The summed E-state index contributed by atoms with van der Waals surface area (Å²) < 4.78 is 2.12. The van der Waals surface area contributed by atoms with Crippen molar-refractivity contribution in [2.45, 2.75) is 26.0 Å². The molecule has 0 saturated heterocycles. The summed E-state index contributed by atoms with van der Waals surface area (Å²) in [7, 11) is 0. The van der Waals surface area contributed by atoms with Crippen molar-refractivity contribution in [1.29, 1.82) is 0 Å². The summed E-state index contributed by atoms with van der Waals surface area (Å²) in [6, 6.07) is 6.18. The molecule has 1 aromatic carbocycles. The van der Waals surface area contributed by atoms with Crippen LogP contribution >= 0.6 is 0 Å². The highest BCUT2D eigenvalue weighted by molar-refractivity contribution is 5.79. The Hall–Kier alpha value is -1.35. The Labute approximate surface area is 82.0 Å². The van der Waals surface area contributed by atoms with Crippen LogP contribution in [0.4, 0.5) is 0 Å². The Balaban J connectivity index is 2.33. The SMILES string of the molecule is Cc1cccc2c1nc1n2CC(O)C1. The Morgan fingerprint density at radius 1 is 1.50 bits per heavy atom. The molecular weight excluding hydrogens is 176 g/mol. The lowest BCUT2D eigenvalue weighted by Gasteiger charge is -2.01. The molecule has 0 bridgehead atoms. The first-order valence-corrected chi connectivity index (χ1v) is 4.88. The van der Waals surface area contributed by atoms with Gasteiger partial charge in [0.05, 0.1) is 23.7 Å². The van der Waals surface area contributed by atoms with Gasteiger partial charge in [-0.2, -0.15) is 0 Å². The maximum absolute atomic E-state index is 9.51. The molecule has 3 heteroatoms. The van der Waals surface area contributed by atoms with E-state index in [2.05, 4.69) is 28.6 Å². The van der Waals surface area contributed by atoms with Gasteiger partial charge in [-0.05, 0) is 18.6 Å². The van der Waals surface area contributed by atoms with Crippen LogP contribution in [0.25, 0.3) is 11.0 Å². The van der Waals surface area contributed by atoms with Crippen molar-refractivity contribution < 1.29 is 5.11 Å². The molecule has 1 N–H and O–H groups in total. The van der Waals surface area contributed by atoms with Crippen molar-refractivity contribution in [2.75, 3.05) is 0 Å². The second kappa shape index (κ2) is 2.58. The quantitative estimate of drug-likeness (QED) is 0.676. The molecule has 14 heavy (non-hydrogen) atoms. The molecule has 0 spiro atoms. The number of benzene rings is 1. The first kappa shape index (κ1) is 8.00. The van der Waals surface area contributed by atoms with Crippen LogP contribution in [0.15, 0.2) is 18.2 Å².